The number of hydrogen-bond donors (Lipinski definition) is 0. The van der Waals surface area contributed by atoms with Crippen molar-refractivity contribution in [2.24, 2.45) is 0 Å². The topological polar surface area (TPSA) is 9.72 Å². The Bertz CT molecular complexity index is 3550. The van der Waals surface area contributed by atoms with Crippen LogP contribution in [0.4, 0.5) is 45.5 Å². The molecule has 2 heterocycles. The lowest BCUT2D eigenvalue weighted by Gasteiger charge is -2.47. The van der Waals surface area contributed by atoms with Crippen LogP contribution in [0.3, 0.4) is 0 Å². The lowest BCUT2D eigenvalue weighted by molar-refractivity contribution is 0.332. The molecule has 0 saturated carbocycles. The highest BCUT2D eigenvalue weighted by Gasteiger charge is 2.47. The normalized spacial score (nSPS) is 15.1. The second-order valence-corrected chi connectivity index (χ2v) is 23.6. The van der Waals surface area contributed by atoms with Gasteiger partial charge in [-0.2, -0.15) is 0 Å². The highest BCUT2D eigenvalue weighted by atomic mass is 15.2. The van der Waals surface area contributed by atoms with Gasteiger partial charge in [-0.25, -0.2) is 0 Å². The monoisotopic (exact) mass is 950 g/mol. The number of nitrogens with zero attached hydrogens (tertiary/aromatic N) is 3. The molecule has 12 rings (SSSR count). The summed E-state index contributed by atoms with van der Waals surface area (Å²) in [7, 11) is 0. The molecule has 73 heavy (non-hydrogen) atoms. The number of fused-ring (bicyclic) bond motifs is 6. The number of aryl methyl sites for hydroxylation is 2. The number of hydrogen-bond acceptors (Lipinski definition) is 3. The maximum Gasteiger partial charge on any atom is 0.333 e. The summed E-state index contributed by atoms with van der Waals surface area (Å²) in [5.74, 6) is 0. The van der Waals surface area contributed by atoms with Crippen LogP contribution in [0.1, 0.15) is 109 Å². The molecule has 0 aromatic heterocycles. The van der Waals surface area contributed by atoms with Gasteiger partial charge in [-0.1, -0.05) is 171 Å². The van der Waals surface area contributed by atoms with E-state index in [0.29, 0.717) is 0 Å². The average Bonchev–Trinajstić information content (AvgIpc) is 3.40. The van der Waals surface area contributed by atoms with E-state index in [1.165, 1.54) is 119 Å². The van der Waals surface area contributed by atoms with Gasteiger partial charge < -0.3 is 14.6 Å². The molecule has 2 aliphatic heterocycles. The van der Waals surface area contributed by atoms with Gasteiger partial charge in [0.15, 0.2) is 0 Å². The molecule has 0 radical (unpaired) electrons. The van der Waals surface area contributed by atoms with Crippen molar-refractivity contribution in [3.8, 4) is 22.3 Å². The second-order valence-electron chi connectivity index (χ2n) is 23.6. The van der Waals surface area contributed by atoms with Crippen LogP contribution in [0.15, 0.2) is 188 Å². The van der Waals surface area contributed by atoms with Crippen LogP contribution < -0.4 is 25.5 Å². The Kier molecular flexibility index (Phi) is 11.4. The van der Waals surface area contributed by atoms with Gasteiger partial charge in [0.25, 0.3) is 0 Å². The zero-order valence-electron chi connectivity index (χ0n) is 44.4. The van der Waals surface area contributed by atoms with E-state index in [9.17, 15) is 0 Å². The van der Waals surface area contributed by atoms with Gasteiger partial charge in [0.2, 0.25) is 0 Å². The Labute approximate surface area is 435 Å². The van der Waals surface area contributed by atoms with Crippen molar-refractivity contribution in [3.05, 3.63) is 216 Å². The molecule has 362 valence electrons. The number of rotatable bonds is 9. The van der Waals surface area contributed by atoms with Crippen LogP contribution in [0.5, 0.6) is 0 Å². The lowest BCUT2D eigenvalue weighted by atomic mass is 9.43. The summed E-state index contributed by atoms with van der Waals surface area (Å²) in [6.07, 6.45) is 5.78. The maximum absolute atomic E-state index is 2.68. The third kappa shape index (κ3) is 8.06. The van der Waals surface area contributed by atoms with Crippen molar-refractivity contribution in [2.75, 3.05) is 14.6 Å². The van der Waals surface area contributed by atoms with Crippen molar-refractivity contribution < 1.29 is 0 Å². The molecule has 9 aromatic carbocycles. The first kappa shape index (κ1) is 46.8. The molecule has 0 saturated heterocycles. The molecule has 0 fully saturated rings. The molecule has 3 aliphatic rings. The minimum Gasteiger partial charge on any atom is -0.376 e. The summed E-state index contributed by atoms with van der Waals surface area (Å²) in [6.45, 7) is 21.3. The average molecular weight is 950 g/mol. The van der Waals surface area contributed by atoms with Crippen LogP contribution in [0.2, 0.25) is 0 Å². The Balaban J connectivity index is 1.19. The van der Waals surface area contributed by atoms with Crippen molar-refractivity contribution in [3.63, 3.8) is 0 Å². The van der Waals surface area contributed by atoms with Crippen molar-refractivity contribution in [1.82, 2.24) is 0 Å². The largest absolute Gasteiger partial charge is 0.376 e. The lowest BCUT2D eigenvalue weighted by Crippen LogP contribution is -2.61. The summed E-state index contributed by atoms with van der Waals surface area (Å²) in [5.41, 5.74) is 24.1. The molecule has 4 heteroatoms. The highest BCUT2D eigenvalue weighted by molar-refractivity contribution is 6.93. The van der Waals surface area contributed by atoms with Gasteiger partial charge in [0, 0.05) is 51.1 Å². The number of para-hydroxylation sites is 1. The Hall–Kier alpha value is -7.30. The fraction of sp³-hybridized carbons (Fsp3) is 0.246. The van der Waals surface area contributed by atoms with Crippen molar-refractivity contribution in [1.29, 1.82) is 0 Å². The number of benzene rings is 9. The Morgan fingerprint density at radius 2 is 1.15 bits per heavy atom. The van der Waals surface area contributed by atoms with Gasteiger partial charge >= 0.3 is 6.85 Å². The van der Waals surface area contributed by atoms with E-state index in [1.54, 1.807) is 0 Å². The quantitative estimate of drug-likeness (QED) is 0.134. The molecule has 0 spiro atoms. The van der Waals surface area contributed by atoms with Crippen LogP contribution in [-0.4, -0.2) is 6.85 Å². The zero-order chi connectivity index (χ0) is 50.4. The van der Waals surface area contributed by atoms with Crippen molar-refractivity contribution >= 4 is 74.0 Å². The van der Waals surface area contributed by atoms with E-state index >= 15 is 0 Å². The molecule has 9 aromatic rings. The standard InChI is InChI=1S/C69H68BN3/c1-10-11-20-47-27-31-54(32-28-47)71(53-25-16-13-17-26-53)56-35-36-61-64(44-56)72(62-45-60-59(39-46(62)2)68(6,7)37-38-69(60,8)9)65-43-51(48-21-14-12-15-22-48)41-58-57-40-49-23-18-19-24-50(49)42-63(57)73(70(61)66(58)65)55-33-29-52(30-34-55)67(3,4)5/h12-19,21-36,39-45H,10-11,20,37-38H2,1-9H3. The summed E-state index contributed by atoms with van der Waals surface area (Å²) < 4.78 is 0. The van der Waals surface area contributed by atoms with Gasteiger partial charge in [0.1, 0.15) is 0 Å². The van der Waals surface area contributed by atoms with Crippen LogP contribution in [0, 0.1) is 6.92 Å². The highest BCUT2D eigenvalue weighted by Crippen LogP contribution is 2.53. The third-order valence-electron chi connectivity index (χ3n) is 16.7. The van der Waals surface area contributed by atoms with Crippen LogP contribution in [0.25, 0.3) is 33.0 Å². The maximum atomic E-state index is 2.68. The Morgan fingerprint density at radius 1 is 0.534 bits per heavy atom. The second kappa shape index (κ2) is 17.7. The summed E-state index contributed by atoms with van der Waals surface area (Å²) >= 11 is 0. The van der Waals surface area contributed by atoms with Crippen molar-refractivity contribution in [2.45, 2.75) is 111 Å². The van der Waals surface area contributed by atoms with E-state index < -0.39 is 0 Å². The van der Waals surface area contributed by atoms with E-state index in [-0.39, 0.29) is 23.1 Å². The third-order valence-corrected chi connectivity index (χ3v) is 16.7. The smallest absolute Gasteiger partial charge is 0.333 e. The number of unbranched alkanes of at least 4 members (excludes halogenated alkanes) is 1. The molecule has 0 bridgehead atoms. The predicted octanol–water partition coefficient (Wildman–Crippen LogP) is 18.0. The molecule has 0 N–H and O–H groups in total. The predicted molar refractivity (Wildman–Crippen MR) is 315 cm³/mol. The first-order valence-corrected chi connectivity index (χ1v) is 26.9. The molecular weight excluding hydrogens is 882 g/mol. The fourth-order valence-electron chi connectivity index (χ4n) is 12.4. The molecule has 1 aliphatic carbocycles. The van der Waals surface area contributed by atoms with Crippen LogP contribution >= 0.6 is 0 Å². The molecule has 0 atom stereocenters. The first-order chi connectivity index (χ1) is 35.2. The summed E-state index contributed by atoms with van der Waals surface area (Å²) in [5, 5.41) is 2.48. The van der Waals surface area contributed by atoms with Gasteiger partial charge in [-0.3, -0.25) is 0 Å². The number of anilines is 8. The van der Waals surface area contributed by atoms with E-state index in [0.717, 1.165) is 29.9 Å². The molecular formula is C69H68BN3. The Morgan fingerprint density at radius 3 is 1.82 bits per heavy atom. The van der Waals surface area contributed by atoms with Gasteiger partial charge in [-0.15, -0.1) is 0 Å². The molecule has 0 amide bonds. The fourth-order valence-corrected chi connectivity index (χ4v) is 12.4. The minimum atomic E-state index is -0.138. The van der Waals surface area contributed by atoms with E-state index in [1.807, 2.05) is 0 Å². The molecule has 3 nitrogen and oxygen atoms in total. The van der Waals surface area contributed by atoms with E-state index in [2.05, 4.69) is 265 Å². The van der Waals surface area contributed by atoms with Gasteiger partial charge in [-0.05, 0) is 194 Å². The summed E-state index contributed by atoms with van der Waals surface area (Å²) in [6, 6.07) is 72.1. The SMILES string of the molecule is CCCCc1ccc(N(c2ccccc2)c2ccc3c(c2)N(c2cc4c(cc2C)C(C)(C)CCC4(C)C)c2cc(-c4ccccc4)cc4c2B3N(c2ccc(C(C)(C)C)cc2)c2cc3ccccc3cc2-4)cc1. The minimum absolute atomic E-state index is 0.0189. The van der Waals surface area contributed by atoms with Gasteiger partial charge in [0.05, 0.1) is 0 Å². The van der Waals surface area contributed by atoms with Crippen LogP contribution in [-0.2, 0) is 22.7 Å². The first-order valence-electron chi connectivity index (χ1n) is 26.9. The zero-order valence-corrected chi connectivity index (χ0v) is 44.4. The summed E-state index contributed by atoms with van der Waals surface area (Å²) in [4.78, 5) is 7.81. The molecule has 0 unspecified atom stereocenters. The van der Waals surface area contributed by atoms with E-state index in [4.69, 9.17) is 0 Å².